The summed E-state index contributed by atoms with van der Waals surface area (Å²) >= 11 is 5.90. The first-order valence-corrected chi connectivity index (χ1v) is 10.7. The van der Waals surface area contributed by atoms with Crippen molar-refractivity contribution in [2.45, 2.75) is 44.6 Å². The first-order valence-electron chi connectivity index (χ1n) is 10.3. The van der Waals surface area contributed by atoms with E-state index in [2.05, 4.69) is 15.5 Å². The zero-order valence-corrected chi connectivity index (χ0v) is 18.0. The van der Waals surface area contributed by atoms with Crippen molar-refractivity contribution in [3.8, 4) is 22.9 Å². The van der Waals surface area contributed by atoms with E-state index in [1.165, 1.54) is 12.8 Å². The predicted molar refractivity (Wildman–Crippen MR) is 118 cm³/mol. The van der Waals surface area contributed by atoms with Crippen molar-refractivity contribution in [2.75, 3.05) is 12.4 Å². The first kappa shape index (κ1) is 21.2. The molecule has 1 fully saturated rings. The van der Waals surface area contributed by atoms with Gasteiger partial charge in [-0.25, -0.2) is 0 Å². The summed E-state index contributed by atoms with van der Waals surface area (Å²) in [6.07, 6.45) is 5.20. The van der Waals surface area contributed by atoms with E-state index in [-0.39, 0.29) is 18.4 Å². The smallest absolute Gasteiger partial charge is 0.227 e. The molecule has 4 rings (SSSR count). The molecule has 162 valence electrons. The van der Waals surface area contributed by atoms with Crippen molar-refractivity contribution in [2.24, 2.45) is 0 Å². The number of nitrogens with one attached hydrogen (secondary N) is 1. The largest absolute Gasteiger partial charge is 0.493 e. The number of aromatic nitrogens is 2. The summed E-state index contributed by atoms with van der Waals surface area (Å²) in [6, 6.07) is 12.6. The molecule has 0 spiro atoms. The Balaban J connectivity index is 1.34. The van der Waals surface area contributed by atoms with Crippen molar-refractivity contribution in [3.63, 3.8) is 0 Å². The van der Waals surface area contributed by atoms with Gasteiger partial charge >= 0.3 is 0 Å². The van der Waals surface area contributed by atoms with Crippen LogP contribution in [0.1, 0.15) is 38.0 Å². The minimum atomic E-state index is -0.150. The summed E-state index contributed by atoms with van der Waals surface area (Å²) in [5.74, 6) is 2.03. The van der Waals surface area contributed by atoms with Crippen LogP contribution in [0.25, 0.3) is 11.4 Å². The molecule has 0 bridgehead atoms. The van der Waals surface area contributed by atoms with Crippen LogP contribution < -0.4 is 14.8 Å². The van der Waals surface area contributed by atoms with Crippen LogP contribution in [0.3, 0.4) is 0 Å². The van der Waals surface area contributed by atoms with E-state index < -0.39 is 0 Å². The Morgan fingerprint density at radius 2 is 1.94 bits per heavy atom. The number of anilines is 1. The molecule has 31 heavy (non-hydrogen) atoms. The molecule has 1 amide bonds. The summed E-state index contributed by atoms with van der Waals surface area (Å²) in [7, 11) is 1.61. The molecular formula is C23H24ClN3O4. The van der Waals surface area contributed by atoms with Crippen molar-refractivity contribution in [1.29, 1.82) is 0 Å². The zero-order chi connectivity index (χ0) is 21.6. The van der Waals surface area contributed by atoms with Gasteiger partial charge in [0.25, 0.3) is 0 Å². The Hall–Kier alpha value is -3.06. The van der Waals surface area contributed by atoms with Gasteiger partial charge in [-0.3, -0.25) is 4.79 Å². The van der Waals surface area contributed by atoms with Crippen LogP contribution >= 0.6 is 11.6 Å². The number of nitrogens with zero attached hydrogens (tertiary/aromatic N) is 2. The third-order valence-corrected chi connectivity index (χ3v) is 5.43. The number of benzene rings is 2. The van der Waals surface area contributed by atoms with Crippen LogP contribution in [0.2, 0.25) is 5.02 Å². The van der Waals surface area contributed by atoms with Gasteiger partial charge in [-0.05, 0) is 62.1 Å². The lowest BCUT2D eigenvalue weighted by atomic mass is 10.2. The summed E-state index contributed by atoms with van der Waals surface area (Å²) in [5, 5.41) is 7.50. The average molecular weight is 442 g/mol. The Morgan fingerprint density at radius 3 is 2.68 bits per heavy atom. The number of aryl methyl sites for hydroxylation is 1. The van der Waals surface area contributed by atoms with Crippen LogP contribution in [0.5, 0.6) is 11.5 Å². The van der Waals surface area contributed by atoms with E-state index in [1.54, 1.807) is 37.4 Å². The highest BCUT2D eigenvalue weighted by Crippen LogP contribution is 2.34. The fourth-order valence-electron chi connectivity index (χ4n) is 3.55. The van der Waals surface area contributed by atoms with Gasteiger partial charge in [0.2, 0.25) is 17.6 Å². The van der Waals surface area contributed by atoms with Gasteiger partial charge in [0, 0.05) is 35.2 Å². The van der Waals surface area contributed by atoms with E-state index in [9.17, 15) is 4.79 Å². The molecule has 0 aliphatic heterocycles. The highest BCUT2D eigenvalue weighted by Gasteiger charge is 2.19. The number of methoxy groups -OCH3 is 1. The van der Waals surface area contributed by atoms with Crippen molar-refractivity contribution in [3.05, 3.63) is 53.4 Å². The van der Waals surface area contributed by atoms with Crippen molar-refractivity contribution < 1.29 is 18.8 Å². The van der Waals surface area contributed by atoms with Crippen molar-refractivity contribution in [1.82, 2.24) is 10.1 Å². The highest BCUT2D eigenvalue weighted by molar-refractivity contribution is 6.30. The molecule has 0 radical (unpaired) electrons. The van der Waals surface area contributed by atoms with Gasteiger partial charge in [-0.15, -0.1) is 0 Å². The molecule has 0 unspecified atom stereocenters. The molecule has 1 heterocycles. The van der Waals surface area contributed by atoms with Crippen LogP contribution in [0, 0.1) is 0 Å². The second kappa shape index (κ2) is 9.83. The SMILES string of the molecule is COc1ccc(NC(=O)CCc2nc(-c3ccc(Cl)cc3)no2)cc1OC1CCCC1. The summed E-state index contributed by atoms with van der Waals surface area (Å²) in [4.78, 5) is 16.8. The fourth-order valence-corrected chi connectivity index (χ4v) is 3.67. The van der Waals surface area contributed by atoms with E-state index in [0.29, 0.717) is 40.3 Å². The molecule has 3 aromatic rings. The number of ether oxygens (including phenoxy) is 2. The Morgan fingerprint density at radius 1 is 1.16 bits per heavy atom. The number of amides is 1. The number of carbonyl (C=O) groups excluding carboxylic acids is 1. The molecule has 0 saturated heterocycles. The Labute approximate surface area is 185 Å². The zero-order valence-electron chi connectivity index (χ0n) is 17.3. The van der Waals surface area contributed by atoms with Crippen LogP contribution in [-0.4, -0.2) is 29.3 Å². The molecule has 1 saturated carbocycles. The lowest BCUT2D eigenvalue weighted by Gasteiger charge is -2.17. The van der Waals surface area contributed by atoms with Gasteiger partial charge in [-0.1, -0.05) is 16.8 Å². The van der Waals surface area contributed by atoms with Crippen molar-refractivity contribution >= 4 is 23.2 Å². The van der Waals surface area contributed by atoms with E-state index in [0.717, 1.165) is 18.4 Å². The Kier molecular flexibility index (Phi) is 6.72. The van der Waals surface area contributed by atoms with Crippen LogP contribution in [0.4, 0.5) is 5.69 Å². The molecular weight excluding hydrogens is 418 g/mol. The minimum absolute atomic E-state index is 0.150. The lowest BCUT2D eigenvalue weighted by molar-refractivity contribution is -0.116. The van der Waals surface area contributed by atoms with Gasteiger partial charge in [-0.2, -0.15) is 4.98 Å². The summed E-state index contributed by atoms with van der Waals surface area (Å²) in [6.45, 7) is 0. The monoisotopic (exact) mass is 441 g/mol. The number of hydrogen-bond acceptors (Lipinski definition) is 6. The molecule has 7 nitrogen and oxygen atoms in total. The number of hydrogen-bond donors (Lipinski definition) is 1. The maximum Gasteiger partial charge on any atom is 0.227 e. The maximum atomic E-state index is 12.4. The minimum Gasteiger partial charge on any atom is -0.493 e. The summed E-state index contributed by atoms with van der Waals surface area (Å²) < 4.78 is 16.7. The van der Waals surface area contributed by atoms with E-state index >= 15 is 0 Å². The third-order valence-electron chi connectivity index (χ3n) is 5.18. The second-order valence-corrected chi connectivity index (χ2v) is 7.89. The standard InChI is InChI=1S/C23H24ClN3O4/c1-29-19-11-10-17(14-20(19)30-18-4-2-3-5-18)25-21(28)12-13-22-26-23(27-31-22)15-6-8-16(24)9-7-15/h6-11,14,18H,2-5,12-13H2,1H3,(H,25,28). The first-order chi connectivity index (χ1) is 15.1. The van der Waals surface area contributed by atoms with Gasteiger partial charge in [0.05, 0.1) is 13.2 Å². The number of rotatable bonds is 8. The van der Waals surface area contributed by atoms with E-state index in [4.69, 9.17) is 25.6 Å². The lowest BCUT2D eigenvalue weighted by Crippen LogP contribution is -2.14. The quantitative estimate of drug-likeness (QED) is 0.511. The molecule has 0 atom stereocenters. The predicted octanol–water partition coefficient (Wildman–Crippen LogP) is 5.29. The van der Waals surface area contributed by atoms with Gasteiger partial charge in [0.15, 0.2) is 11.5 Å². The topological polar surface area (TPSA) is 86.5 Å². The molecule has 1 aliphatic rings. The Bertz CT molecular complexity index is 1030. The highest BCUT2D eigenvalue weighted by atomic mass is 35.5. The molecule has 1 N–H and O–H groups in total. The second-order valence-electron chi connectivity index (χ2n) is 7.46. The molecule has 8 heteroatoms. The normalized spacial score (nSPS) is 13.9. The molecule has 1 aromatic heterocycles. The maximum absolute atomic E-state index is 12.4. The molecule has 1 aliphatic carbocycles. The summed E-state index contributed by atoms with van der Waals surface area (Å²) in [5.41, 5.74) is 1.46. The molecule has 2 aromatic carbocycles. The third kappa shape index (κ3) is 5.55. The van der Waals surface area contributed by atoms with Crippen LogP contribution in [-0.2, 0) is 11.2 Å². The van der Waals surface area contributed by atoms with E-state index in [1.807, 2.05) is 12.1 Å². The van der Waals surface area contributed by atoms with Crippen LogP contribution in [0.15, 0.2) is 47.0 Å². The number of halogens is 1. The fraction of sp³-hybridized carbons (Fsp3) is 0.348. The average Bonchev–Trinajstić information content (AvgIpc) is 3.45. The number of carbonyl (C=O) groups is 1. The van der Waals surface area contributed by atoms with Gasteiger partial charge < -0.3 is 19.3 Å². The van der Waals surface area contributed by atoms with Gasteiger partial charge in [0.1, 0.15) is 0 Å².